The normalized spacial score (nSPS) is 11.9. The molecule has 0 spiro atoms. The van der Waals surface area contributed by atoms with E-state index in [4.69, 9.17) is 11.6 Å². The third-order valence-electron chi connectivity index (χ3n) is 1.31. The average Bonchev–Trinajstić information content (AvgIpc) is 2.29. The summed E-state index contributed by atoms with van der Waals surface area (Å²) in [5, 5.41) is 3.37. The largest absolute Gasteiger partial charge is 0.336 e. The second-order valence-electron chi connectivity index (χ2n) is 2.05. The van der Waals surface area contributed by atoms with Crippen molar-refractivity contribution in [2.75, 3.05) is 0 Å². The highest BCUT2D eigenvalue weighted by Crippen LogP contribution is 2.22. The van der Waals surface area contributed by atoms with Gasteiger partial charge in [-0.05, 0) is 6.92 Å². The van der Waals surface area contributed by atoms with Gasteiger partial charge in [-0.2, -0.15) is 13.5 Å². The number of nitrogens with zero attached hydrogens (tertiary/aromatic N) is 2. The van der Waals surface area contributed by atoms with Crippen LogP contribution >= 0.6 is 11.6 Å². The van der Waals surface area contributed by atoms with E-state index >= 15 is 0 Å². The Morgan fingerprint density at radius 1 is 1.75 bits per heavy atom. The van der Waals surface area contributed by atoms with Gasteiger partial charge in [-0.3, -0.25) is 4.68 Å². The molecule has 0 unspecified atom stereocenters. The van der Waals surface area contributed by atoms with Crippen molar-refractivity contribution >= 4 is 21.8 Å². The maximum absolute atomic E-state index is 12.4. The highest BCUT2D eigenvalue weighted by Gasteiger charge is 2.20. The molecular weight excluding hydrogens is 207 g/mol. The Morgan fingerprint density at radius 2 is 2.33 bits per heavy atom. The minimum absolute atomic E-state index is 0.194. The number of halogens is 2. The monoisotopic (exact) mass is 212 g/mol. The van der Waals surface area contributed by atoms with Crippen LogP contribution in [-0.2, 0) is 16.8 Å². The topological polar surface area (TPSA) is 52.0 Å². The van der Waals surface area contributed by atoms with Crippen LogP contribution in [0.3, 0.4) is 0 Å². The quantitative estimate of drug-likeness (QED) is 0.693. The second kappa shape index (κ2) is 3.02. The summed E-state index contributed by atoms with van der Waals surface area (Å²) in [7, 11) is -4.74. The number of aryl methyl sites for hydroxylation is 1. The van der Waals surface area contributed by atoms with Crippen molar-refractivity contribution in [3.63, 3.8) is 0 Å². The van der Waals surface area contributed by atoms with Crippen LogP contribution in [0.4, 0.5) is 3.89 Å². The van der Waals surface area contributed by atoms with Crippen LogP contribution in [0.1, 0.15) is 6.92 Å². The Bertz CT molecular complexity index is 386. The summed E-state index contributed by atoms with van der Waals surface area (Å²) in [6.45, 7) is 2.11. The molecule has 0 saturated heterocycles. The molecule has 0 aliphatic heterocycles. The Hall–Kier alpha value is -0.620. The van der Waals surface area contributed by atoms with E-state index in [-0.39, 0.29) is 5.15 Å². The average molecular weight is 213 g/mol. The highest BCUT2D eigenvalue weighted by atomic mass is 35.5. The van der Waals surface area contributed by atoms with E-state index in [2.05, 4.69) is 5.10 Å². The van der Waals surface area contributed by atoms with Gasteiger partial charge in [0.05, 0.1) is 6.20 Å². The van der Waals surface area contributed by atoms with Gasteiger partial charge in [0, 0.05) is 6.54 Å². The third kappa shape index (κ3) is 1.59. The summed E-state index contributed by atoms with van der Waals surface area (Å²) < 4.78 is 34.3. The molecule has 0 amide bonds. The van der Waals surface area contributed by atoms with Crippen LogP contribution in [-0.4, -0.2) is 18.2 Å². The highest BCUT2D eigenvalue weighted by molar-refractivity contribution is 7.86. The molecule has 68 valence electrons. The van der Waals surface area contributed by atoms with Crippen LogP contribution in [0.5, 0.6) is 0 Å². The molecule has 0 aliphatic rings. The summed E-state index contributed by atoms with van der Waals surface area (Å²) in [5.74, 6) is 0. The second-order valence-corrected chi connectivity index (χ2v) is 3.73. The molecule has 1 heterocycles. The van der Waals surface area contributed by atoms with Crippen LogP contribution in [0.15, 0.2) is 11.1 Å². The van der Waals surface area contributed by atoms with Gasteiger partial charge in [-0.1, -0.05) is 11.6 Å². The van der Waals surface area contributed by atoms with E-state index in [1.165, 1.54) is 4.68 Å². The zero-order valence-corrected chi connectivity index (χ0v) is 7.73. The van der Waals surface area contributed by atoms with Crippen molar-refractivity contribution in [2.45, 2.75) is 18.4 Å². The Kier molecular flexibility index (Phi) is 2.39. The minimum Gasteiger partial charge on any atom is -0.253 e. The first-order valence-electron chi connectivity index (χ1n) is 3.12. The smallest absolute Gasteiger partial charge is 0.253 e. The summed E-state index contributed by atoms with van der Waals surface area (Å²) in [6.07, 6.45) is 0.890. The summed E-state index contributed by atoms with van der Waals surface area (Å²) in [5.41, 5.74) is 0. The molecule has 0 atom stereocenters. The first-order chi connectivity index (χ1) is 5.46. The van der Waals surface area contributed by atoms with Gasteiger partial charge in [0.1, 0.15) is 5.15 Å². The molecule has 12 heavy (non-hydrogen) atoms. The van der Waals surface area contributed by atoms with Gasteiger partial charge in [-0.15, -0.1) is 3.89 Å². The van der Waals surface area contributed by atoms with Crippen molar-refractivity contribution < 1.29 is 12.3 Å². The van der Waals surface area contributed by atoms with Crippen LogP contribution in [0, 0.1) is 0 Å². The van der Waals surface area contributed by atoms with E-state index in [0.29, 0.717) is 6.54 Å². The zero-order chi connectivity index (χ0) is 9.35. The van der Waals surface area contributed by atoms with Gasteiger partial charge in [0.15, 0.2) is 4.90 Å². The maximum atomic E-state index is 12.4. The number of hydrogen-bond acceptors (Lipinski definition) is 3. The summed E-state index contributed by atoms with van der Waals surface area (Å²) in [4.78, 5) is -0.578. The maximum Gasteiger partial charge on any atom is 0.336 e. The lowest BCUT2D eigenvalue weighted by molar-refractivity contribution is 0.552. The van der Waals surface area contributed by atoms with Gasteiger partial charge < -0.3 is 0 Å². The lowest BCUT2D eigenvalue weighted by atomic mass is 10.7. The van der Waals surface area contributed by atoms with Gasteiger partial charge in [0.2, 0.25) is 0 Å². The predicted molar refractivity (Wildman–Crippen MR) is 41.2 cm³/mol. The number of hydrogen-bond donors (Lipinski definition) is 0. The Morgan fingerprint density at radius 3 is 2.58 bits per heavy atom. The fourth-order valence-corrected chi connectivity index (χ4v) is 1.71. The number of aromatic nitrogens is 2. The predicted octanol–water partition coefficient (Wildman–Crippen LogP) is 1.21. The molecule has 0 fully saturated rings. The van der Waals surface area contributed by atoms with Crippen molar-refractivity contribution in [1.29, 1.82) is 0 Å². The molecule has 1 aromatic heterocycles. The molecule has 7 heteroatoms. The molecule has 0 radical (unpaired) electrons. The Balaban J connectivity index is 3.30. The summed E-state index contributed by atoms with van der Waals surface area (Å²) in [6, 6.07) is 0. The molecule has 1 aromatic rings. The van der Waals surface area contributed by atoms with E-state index < -0.39 is 15.1 Å². The molecule has 4 nitrogen and oxygen atoms in total. The lowest BCUT2D eigenvalue weighted by Gasteiger charge is -1.95. The minimum atomic E-state index is -4.74. The van der Waals surface area contributed by atoms with Crippen molar-refractivity contribution in [2.24, 2.45) is 0 Å². The first kappa shape index (κ1) is 9.47. The fourth-order valence-electron chi connectivity index (χ4n) is 0.737. The van der Waals surface area contributed by atoms with Gasteiger partial charge in [-0.25, -0.2) is 0 Å². The Labute approximate surface area is 74.2 Å². The molecule has 0 bridgehead atoms. The van der Waals surface area contributed by atoms with E-state index in [1.807, 2.05) is 0 Å². The molecule has 0 aromatic carbocycles. The van der Waals surface area contributed by atoms with Crippen LogP contribution < -0.4 is 0 Å². The standard InChI is InChI=1S/C5H6ClFN2O2S/c1-2-9-5(6)4(3-8-9)12(7,10)11/h3H,2H2,1H3. The van der Waals surface area contributed by atoms with Gasteiger partial charge in [0.25, 0.3) is 0 Å². The third-order valence-corrected chi connectivity index (χ3v) is 2.64. The van der Waals surface area contributed by atoms with E-state index in [0.717, 1.165) is 6.20 Å². The SMILES string of the molecule is CCn1ncc(S(=O)(=O)F)c1Cl. The zero-order valence-electron chi connectivity index (χ0n) is 6.16. The van der Waals surface area contributed by atoms with E-state index in [9.17, 15) is 12.3 Å². The van der Waals surface area contributed by atoms with Crippen molar-refractivity contribution in [3.05, 3.63) is 11.3 Å². The molecular formula is C5H6ClFN2O2S. The fraction of sp³-hybridized carbons (Fsp3) is 0.400. The van der Waals surface area contributed by atoms with Crippen LogP contribution in [0.25, 0.3) is 0 Å². The molecule has 0 N–H and O–H groups in total. The van der Waals surface area contributed by atoms with Crippen molar-refractivity contribution in [1.82, 2.24) is 9.78 Å². The molecule has 1 rings (SSSR count). The number of rotatable bonds is 2. The van der Waals surface area contributed by atoms with Crippen molar-refractivity contribution in [3.8, 4) is 0 Å². The molecule has 0 saturated carbocycles. The molecule has 0 aliphatic carbocycles. The lowest BCUT2D eigenvalue weighted by Crippen LogP contribution is -1.97. The first-order valence-corrected chi connectivity index (χ1v) is 4.89. The van der Waals surface area contributed by atoms with E-state index in [1.54, 1.807) is 6.92 Å². The van der Waals surface area contributed by atoms with Crippen LogP contribution in [0.2, 0.25) is 5.15 Å². The summed E-state index contributed by atoms with van der Waals surface area (Å²) >= 11 is 5.49. The van der Waals surface area contributed by atoms with Gasteiger partial charge >= 0.3 is 10.2 Å².